The van der Waals surface area contributed by atoms with Gasteiger partial charge in [0.1, 0.15) is 10.8 Å². The minimum atomic E-state index is -3.42. The molecule has 0 heterocycles. The molecule has 23 heavy (non-hydrogen) atoms. The molecule has 0 saturated heterocycles. The zero-order chi connectivity index (χ0) is 17.5. The number of nitrogens with one attached hydrogen (secondary N) is 1. The molecule has 7 heteroatoms. The van der Waals surface area contributed by atoms with Gasteiger partial charge in [0.05, 0.1) is 5.75 Å². The van der Waals surface area contributed by atoms with Crippen molar-refractivity contribution in [3.05, 3.63) is 35.9 Å². The molecule has 0 aromatic heterocycles. The number of hydrogen-bond donors (Lipinski definition) is 1. The maximum Gasteiger partial charge on any atom is 0.407 e. The maximum absolute atomic E-state index is 11.9. The fourth-order valence-corrected chi connectivity index (χ4v) is 3.23. The molecule has 0 unspecified atom stereocenters. The molecule has 1 aromatic carbocycles. The minimum Gasteiger partial charge on any atom is -0.444 e. The predicted octanol–water partition coefficient (Wildman–Crippen LogP) is 3.12. The van der Waals surface area contributed by atoms with E-state index in [0.717, 1.165) is 5.56 Å². The van der Waals surface area contributed by atoms with Crippen molar-refractivity contribution < 1.29 is 17.9 Å². The minimum absolute atomic E-state index is 0.206. The van der Waals surface area contributed by atoms with Crippen molar-refractivity contribution in [3.8, 4) is 0 Å². The molecule has 0 bridgehead atoms. The quantitative estimate of drug-likeness (QED) is 0.757. The topological polar surface area (TPSA) is 72.5 Å². The first-order valence-electron chi connectivity index (χ1n) is 7.41. The van der Waals surface area contributed by atoms with E-state index in [-0.39, 0.29) is 5.75 Å². The zero-order valence-corrected chi connectivity index (χ0v) is 15.3. The highest BCUT2D eigenvalue weighted by molar-refractivity contribution is 7.92. The lowest BCUT2D eigenvalue weighted by Gasteiger charge is -2.23. The third-order valence-electron chi connectivity index (χ3n) is 2.97. The number of alkyl halides is 1. The van der Waals surface area contributed by atoms with Crippen molar-refractivity contribution in [1.82, 2.24) is 5.32 Å². The van der Waals surface area contributed by atoms with E-state index >= 15 is 0 Å². The standard InChI is InChI=1S/C16H24ClNO4S/c1-16(2,3)22-15(19)18-14(11-23(20,21)12-17)10-9-13-7-5-4-6-8-13/h4-8,14H,9-12H2,1-3H3,(H,18,19)/t14-/m0/s1. The van der Waals surface area contributed by atoms with Gasteiger partial charge < -0.3 is 10.1 Å². The SMILES string of the molecule is CC(C)(C)OC(=O)N[C@@H](CCc1ccccc1)CS(=O)(=O)CCl. The van der Waals surface area contributed by atoms with Crippen molar-refractivity contribution >= 4 is 27.5 Å². The first-order valence-corrected chi connectivity index (χ1v) is 9.77. The molecule has 130 valence electrons. The van der Waals surface area contributed by atoms with Gasteiger partial charge in [-0.2, -0.15) is 0 Å². The summed E-state index contributed by atoms with van der Waals surface area (Å²) in [5.41, 5.74) is 0.436. The average Bonchev–Trinajstić information content (AvgIpc) is 2.43. The summed E-state index contributed by atoms with van der Waals surface area (Å²) in [6.45, 7) is 5.25. The first kappa shape index (κ1) is 19.8. The lowest BCUT2D eigenvalue weighted by molar-refractivity contribution is 0.0507. The molecule has 0 radical (unpaired) electrons. The van der Waals surface area contributed by atoms with Gasteiger partial charge in [-0.3, -0.25) is 0 Å². The zero-order valence-electron chi connectivity index (χ0n) is 13.7. The second-order valence-electron chi connectivity index (χ2n) is 6.39. The van der Waals surface area contributed by atoms with E-state index in [2.05, 4.69) is 5.32 Å². The van der Waals surface area contributed by atoms with Gasteiger partial charge in [-0.1, -0.05) is 30.3 Å². The normalized spacial score (nSPS) is 13.4. The Bertz CT molecular complexity index is 596. The number of alkyl carbamates (subject to hydrolysis) is 1. The van der Waals surface area contributed by atoms with Crippen molar-refractivity contribution in [1.29, 1.82) is 0 Å². The van der Waals surface area contributed by atoms with Crippen LogP contribution in [0.5, 0.6) is 0 Å². The first-order chi connectivity index (χ1) is 10.6. The Morgan fingerprint density at radius 2 is 1.87 bits per heavy atom. The molecule has 0 spiro atoms. The van der Waals surface area contributed by atoms with Crippen LogP contribution in [0.4, 0.5) is 4.79 Å². The van der Waals surface area contributed by atoms with Gasteiger partial charge >= 0.3 is 6.09 Å². The van der Waals surface area contributed by atoms with Gasteiger partial charge in [0.25, 0.3) is 0 Å². The van der Waals surface area contributed by atoms with Gasteiger partial charge in [-0.25, -0.2) is 13.2 Å². The molecule has 1 N–H and O–H groups in total. The van der Waals surface area contributed by atoms with E-state index in [0.29, 0.717) is 12.8 Å². The predicted molar refractivity (Wildman–Crippen MR) is 92.4 cm³/mol. The second-order valence-corrected chi connectivity index (χ2v) is 9.08. The summed E-state index contributed by atoms with van der Waals surface area (Å²) in [5, 5.41) is 2.17. The van der Waals surface area contributed by atoms with Gasteiger partial charge in [0, 0.05) is 6.04 Å². The van der Waals surface area contributed by atoms with Crippen LogP contribution in [0.2, 0.25) is 0 Å². The second kappa shape index (κ2) is 8.55. The molecule has 5 nitrogen and oxygen atoms in total. The molecule has 0 aliphatic heterocycles. The fraction of sp³-hybridized carbons (Fsp3) is 0.562. The third kappa shape index (κ3) is 8.81. The number of hydrogen-bond acceptors (Lipinski definition) is 4. The Hall–Kier alpha value is -1.27. The van der Waals surface area contributed by atoms with Crippen molar-refractivity contribution in [3.63, 3.8) is 0 Å². The lowest BCUT2D eigenvalue weighted by Crippen LogP contribution is -2.43. The van der Waals surface area contributed by atoms with Crippen LogP contribution in [0.15, 0.2) is 30.3 Å². The van der Waals surface area contributed by atoms with E-state index in [1.165, 1.54) is 0 Å². The van der Waals surface area contributed by atoms with Crippen LogP contribution in [0.1, 0.15) is 32.8 Å². The Balaban J connectivity index is 2.70. The highest BCUT2D eigenvalue weighted by Gasteiger charge is 2.23. The average molecular weight is 362 g/mol. The molecule has 0 aliphatic rings. The Labute approximate surface area is 143 Å². The Morgan fingerprint density at radius 3 is 2.39 bits per heavy atom. The van der Waals surface area contributed by atoms with Crippen LogP contribution >= 0.6 is 11.6 Å². The van der Waals surface area contributed by atoms with Crippen molar-refractivity contribution in [2.24, 2.45) is 0 Å². The van der Waals surface area contributed by atoms with E-state index in [1.807, 2.05) is 30.3 Å². The van der Waals surface area contributed by atoms with E-state index in [1.54, 1.807) is 20.8 Å². The van der Waals surface area contributed by atoms with Crippen LogP contribution in [-0.4, -0.2) is 37.1 Å². The van der Waals surface area contributed by atoms with E-state index in [9.17, 15) is 13.2 Å². The van der Waals surface area contributed by atoms with Gasteiger partial charge in [0.2, 0.25) is 0 Å². The number of rotatable bonds is 7. The number of carbonyl (C=O) groups is 1. The molecule has 1 aromatic rings. The number of amides is 1. The van der Waals surface area contributed by atoms with E-state index in [4.69, 9.17) is 16.3 Å². The summed E-state index contributed by atoms with van der Waals surface area (Å²) in [4.78, 5) is 11.9. The maximum atomic E-state index is 11.9. The van der Waals surface area contributed by atoms with Crippen LogP contribution in [0.3, 0.4) is 0 Å². The number of carbonyl (C=O) groups excluding carboxylic acids is 1. The highest BCUT2D eigenvalue weighted by Crippen LogP contribution is 2.11. The molecule has 0 saturated carbocycles. The molecule has 1 rings (SSSR count). The molecule has 1 amide bonds. The molecular weight excluding hydrogens is 338 g/mol. The highest BCUT2D eigenvalue weighted by atomic mass is 35.5. The largest absolute Gasteiger partial charge is 0.444 e. The monoisotopic (exact) mass is 361 g/mol. The molecule has 0 aliphatic carbocycles. The van der Waals surface area contributed by atoms with Gasteiger partial charge in [0.15, 0.2) is 9.84 Å². The van der Waals surface area contributed by atoms with Crippen LogP contribution < -0.4 is 5.32 Å². The summed E-state index contributed by atoms with van der Waals surface area (Å²) in [7, 11) is -3.42. The summed E-state index contributed by atoms with van der Waals surface area (Å²) in [6, 6.07) is 9.12. The van der Waals surface area contributed by atoms with Crippen molar-refractivity contribution in [2.45, 2.75) is 45.3 Å². The number of benzene rings is 1. The molecule has 1 atom stereocenters. The lowest BCUT2D eigenvalue weighted by atomic mass is 10.1. The summed E-state index contributed by atoms with van der Waals surface area (Å²) >= 11 is 5.47. The number of aryl methyl sites for hydroxylation is 1. The number of sulfone groups is 1. The Kier molecular flexibility index (Phi) is 7.35. The summed E-state index contributed by atoms with van der Waals surface area (Å²) in [6.07, 6.45) is 0.513. The van der Waals surface area contributed by atoms with Gasteiger partial charge in [-0.05, 0) is 39.2 Å². The van der Waals surface area contributed by atoms with Crippen LogP contribution in [-0.2, 0) is 21.0 Å². The van der Waals surface area contributed by atoms with Crippen molar-refractivity contribution in [2.75, 3.05) is 11.0 Å². The molecule has 0 fully saturated rings. The fourth-order valence-electron chi connectivity index (χ4n) is 2.01. The van der Waals surface area contributed by atoms with E-state index < -0.39 is 32.8 Å². The summed E-state index contributed by atoms with van der Waals surface area (Å²) in [5.74, 6) is -0.206. The Morgan fingerprint density at radius 1 is 1.26 bits per heavy atom. The number of halogens is 1. The third-order valence-corrected chi connectivity index (χ3v) is 5.21. The smallest absolute Gasteiger partial charge is 0.407 e. The van der Waals surface area contributed by atoms with Crippen LogP contribution in [0.25, 0.3) is 0 Å². The summed E-state index contributed by atoms with van der Waals surface area (Å²) < 4.78 is 28.7. The van der Waals surface area contributed by atoms with Crippen LogP contribution in [0, 0.1) is 0 Å². The molecular formula is C16H24ClNO4S. The van der Waals surface area contributed by atoms with Gasteiger partial charge in [-0.15, -0.1) is 11.6 Å². The number of ether oxygens (including phenoxy) is 1.